The van der Waals surface area contributed by atoms with Gasteiger partial charge in [-0.25, -0.2) is 0 Å². The fourth-order valence-electron chi connectivity index (χ4n) is 1.13. The molecule has 0 amide bonds. The molecule has 0 aliphatic rings. The highest BCUT2D eigenvalue weighted by molar-refractivity contribution is 7.10. The number of hydrogen-bond acceptors (Lipinski definition) is 3. The molecule has 0 bridgehead atoms. The van der Waals surface area contributed by atoms with Crippen LogP contribution >= 0.6 is 11.3 Å². The van der Waals surface area contributed by atoms with Crippen LogP contribution in [0.1, 0.15) is 23.4 Å². The van der Waals surface area contributed by atoms with Gasteiger partial charge in [0.25, 0.3) is 0 Å². The van der Waals surface area contributed by atoms with Crippen molar-refractivity contribution >= 4 is 11.3 Å². The summed E-state index contributed by atoms with van der Waals surface area (Å²) in [5.74, 6) is 0.363. The minimum Gasteiger partial charge on any atom is -0.330 e. The van der Waals surface area contributed by atoms with Gasteiger partial charge >= 0.3 is 0 Å². The number of aryl methyl sites for hydroxylation is 1. The minimum atomic E-state index is 0.106. The predicted octanol–water partition coefficient (Wildman–Crippen LogP) is 1.65. The lowest BCUT2D eigenvalue weighted by molar-refractivity contribution is 0.486. The smallest absolute Gasteiger partial charge is 0.0430 e. The number of thiophene rings is 1. The van der Waals surface area contributed by atoms with E-state index in [4.69, 9.17) is 11.5 Å². The molecule has 4 N–H and O–H groups in total. The zero-order valence-electron chi connectivity index (χ0n) is 7.58. The first-order valence-electron chi connectivity index (χ1n) is 4.16. The monoisotopic (exact) mass is 184 g/mol. The van der Waals surface area contributed by atoms with E-state index in [9.17, 15) is 0 Å². The molecule has 0 spiro atoms. The van der Waals surface area contributed by atoms with E-state index < -0.39 is 0 Å². The molecule has 2 nitrogen and oxygen atoms in total. The van der Waals surface area contributed by atoms with Crippen molar-refractivity contribution in [3.05, 3.63) is 21.9 Å². The summed E-state index contributed by atoms with van der Waals surface area (Å²) < 4.78 is 0. The standard InChI is InChI=1S/C9H16N2S/c1-6-3-4-12-9(6)8(11)7(2)5-10/h3-4,7-8H,5,10-11H2,1-2H3. The van der Waals surface area contributed by atoms with E-state index in [2.05, 4.69) is 25.3 Å². The largest absolute Gasteiger partial charge is 0.330 e. The molecule has 1 aromatic heterocycles. The molecule has 0 fully saturated rings. The Bertz CT molecular complexity index is 244. The molecule has 0 saturated carbocycles. The molecule has 0 aliphatic heterocycles. The van der Waals surface area contributed by atoms with Gasteiger partial charge in [-0.05, 0) is 36.4 Å². The zero-order valence-corrected chi connectivity index (χ0v) is 8.40. The van der Waals surface area contributed by atoms with Gasteiger partial charge in [-0.1, -0.05) is 6.92 Å². The first kappa shape index (κ1) is 9.71. The fourth-order valence-corrected chi connectivity index (χ4v) is 2.19. The Morgan fingerprint density at radius 2 is 2.25 bits per heavy atom. The number of rotatable bonds is 3. The summed E-state index contributed by atoms with van der Waals surface area (Å²) in [6, 6.07) is 2.21. The molecular weight excluding hydrogens is 168 g/mol. The first-order valence-corrected chi connectivity index (χ1v) is 5.04. The normalized spacial score (nSPS) is 16.0. The lowest BCUT2D eigenvalue weighted by Crippen LogP contribution is -2.25. The van der Waals surface area contributed by atoms with E-state index in [1.807, 2.05) is 0 Å². The van der Waals surface area contributed by atoms with Crippen LogP contribution in [0.5, 0.6) is 0 Å². The second kappa shape index (κ2) is 4.03. The van der Waals surface area contributed by atoms with Crippen LogP contribution in [0.4, 0.5) is 0 Å². The molecule has 1 rings (SSSR count). The molecule has 1 heterocycles. The lowest BCUT2D eigenvalue weighted by atomic mass is 10.00. The quantitative estimate of drug-likeness (QED) is 0.750. The predicted molar refractivity (Wildman–Crippen MR) is 54.2 cm³/mol. The lowest BCUT2D eigenvalue weighted by Gasteiger charge is -2.17. The third-order valence-corrected chi connectivity index (χ3v) is 3.31. The fraction of sp³-hybridized carbons (Fsp3) is 0.556. The van der Waals surface area contributed by atoms with Crippen LogP contribution in [0.2, 0.25) is 0 Å². The molecule has 3 heteroatoms. The highest BCUT2D eigenvalue weighted by Crippen LogP contribution is 2.26. The van der Waals surface area contributed by atoms with Crippen molar-refractivity contribution in [3.63, 3.8) is 0 Å². The third-order valence-electron chi connectivity index (χ3n) is 2.19. The van der Waals surface area contributed by atoms with Crippen LogP contribution in [-0.2, 0) is 0 Å². The average Bonchev–Trinajstić information content (AvgIpc) is 2.48. The second-order valence-corrected chi connectivity index (χ2v) is 4.15. The van der Waals surface area contributed by atoms with E-state index in [0.29, 0.717) is 12.5 Å². The Labute approximate surface area is 77.6 Å². The SMILES string of the molecule is Cc1ccsc1C(N)C(C)CN. The van der Waals surface area contributed by atoms with Gasteiger partial charge in [0.15, 0.2) is 0 Å². The van der Waals surface area contributed by atoms with Crippen molar-refractivity contribution < 1.29 is 0 Å². The Morgan fingerprint density at radius 3 is 2.67 bits per heavy atom. The number of nitrogens with two attached hydrogens (primary N) is 2. The molecule has 0 aliphatic carbocycles. The van der Waals surface area contributed by atoms with Gasteiger partial charge in [0.2, 0.25) is 0 Å². The van der Waals surface area contributed by atoms with Gasteiger partial charge in [0.1, 0.15) is 0 Å². The van der Waals surface area contributed by atoms with Gasteiger partial charge in [-0.3, -0.25) is 0 Å². The summed E-state index contributed by atoms with van der Waals surface area (Å²) in [4.78, 5) is 1.27. The van der Waals surface area contributed by atoms with Crippen molar-refractivity contribution in [1.82, 2.24) is 0 Å². The zero-order chi connectivity index (χ0) is 9.14. The summed E-state index contributed by atoms with van der Waals surface area (Å²) in [7, 11) is 0. The van der Waals surface area contributed by atoms with Crippen LogP contribution in [0.3, 0.4) is 0 Å². The van der Waals surface area contributed by atoms with E-state index in [-0.39, 0.29) is 6.04 Å². The molecular formula is C9H16N2S. The summed E-state index contributed by atoms with van der Waals surface area (Å²) in [6.07, 6.45) is 0. The van der Waals surface area contributed by atoms with Crippen molar-refractivity contribution in [2.75, 3.05) is 6.54 Å². The topological polar surface area (TPSA) is 52.0 Å². The number of hydrogen-bond donors (Lipinski definition) is 2. The summed E-state index contributed by atoms with van der Waals surface area (Å²) in [5, 5.41) is 2.08. The molecule has 0 radical (unpaired) electrons. The van der Waals surface area contributed by atoms with E-state index >= 15 is 0 Å². The van der Waals surface area contributed by atoms with Gasteiger partial charge in [-0.15, -0.1) is 11.3 Å². The summed E-state index contributed by atoms with van der Waals surface area (Å²) in [6.45, 7) is 4.83. The van der Waals surface area contributed by atoms with Gasteiger partial charge in [-0.2, -0.15) is 0 Å². The maximum Gasteiger partial charge on any atom is 0.0430 e. The van der Waals surface area contributed by atoms with E-state index in [1.54, 1.807) is 11.3 Å². The van der Waals surface area contributed by atoms with Gasteiger partial charge in [0.05, 0.1) is 0 Å². The molecule has 12 heavy (non-hydrogen) atoms. The Hall–Kier alpha value is -0.380. The summed E-state index contributed by atoms with van der Waals surface area (Å²) >= 11 is 1.72. The maximum atomic E-state index is 6.02. The van der Waals surface area contributed by atoms with Crippen LogP contribution in [0, 0.1) is 12.8 Å². The minimum absolute atomic E-state index is 0.106. The molecule has 0 saturated heterocycles. The molecule has 68 valence electrons. The van der Waals surface area contributed by atoms with Crippen LogP contribution in [0.25, 0.3) is 0 Å². The highest BCUT2D eigenvalue weighted by atomic mass is 32.1. The molecule has 2 atom stereocenters. The molecule has 0 aromatic carbocycles. The van der Waals surface area contributed by atoms with Crippen LogP contribution in [0.15, 0.2) is 11.4 Å². The van der Waals surface area contributed by atoms with Crippen LogP contribution < -0.4 is 11.5 Å². The van der Waals surface area contributed by atoms with E-state index in [0.717, 1.165) is 0 Å². The maximum absolute atomic E-state index is 6.02. The second-order valence-electron chi connectivity index (χ2n) is 3.21. The Morgan fingerprint density at radius 1 is 1.58 bits per heavy atom. The molecule has 2 unspecified atom stereocenters. The molecule has 1 aromatic rings. The van der Waals surface area contributed by atoms with Crippen molar-refractivity contribution in [3.8, 4) is 0 Å². The van der Waals surface area contributed by atoms with Gasteiger partial charge < -0.3 is 11.5 Å². The summed E-state index contributed by atoms with van der Waals surface area (Å²) in [5.41, 5.74) is 12.9. The highest BCUT2D eigenvalue weighted by Gasteiger charge is 2.15. The first-order chi connectivity index (χ1) is 5.66. The van der Waals surface area contributed by atoms with Crippen LogP contribution in [-0.4, -0.2) is 6.54 Å². The van der Waals surface area contributed by atoms with Gasteiger partial charge in [0, 0.05) is 10.9 Å². The van der Waals surface area contributed by atoms with Crippen molar-refractivity contribution in [1.29, 1.82) is 0 Å². The Balaban J connectivity index is 2.77. The van der Waals surface area contributed by atoms with E-state index in [1.165, 1.54) is 10.4 Å². The van der Waals surface area contributed by atoms with Crippen molar-refractivity contribution in [2.45, 2.75) is 19.9 Å². The average molecular weight is 184 g/mol. The third kappa shape index (κ3) is 1.86. The Kier molecular flexibility index (Phi) is 3.26. The van der Waals surface area contributed by atoms with Crippen molar-refractivity contribution in [2.24, 2.45) is 17.4 Å².